The van der Waals surface area contributed by atoms with Gasteiger partial charge in [0.25, 0.3) is 0 Å². The molecule has 2 aromatic rings. The van der Waals surface area contributed by atoms with Gasteiger partial charge in [-0.25, -0.2) is 8.78 Å². The van der Waals surface area contributed by atoms with Crippen molar-refractivity contribution in [3.8, 4) is 5.75 Å². The summed E-state index contributed by atoms with van der Waals surface area (Å²) in [5, 5.41) is 0. The van der Waals surface area contributed by atoms with E-state index < -0.39 is 11.6 Å². The van der Waals surface area contributed by atoms with Crippen LogP contribution in [0.5, 0.6) is 5.75 Å². The van der Waals surface area contributed by atoms with Crippen LogP contribution in [0, 0.1) is 17.7 Å². The topological polar surface area (TPSA) is 9.23 Å². The van der Waals surface area contributed by atoms with Gasteiger partial charge in [-0.2, -0.15) is 30.3 Å². The van der Waals surface area contributed by atoms with Crippen molar-refractivity contribution in [2.45, 2.75) is 6.61 Å². The molecule has 2 aromatic carbocycles. The van der Waals surface area contributed by atoms with Gasteiger partial charge in [0.1, 0.15) is 17.4 Å². The molecule has 0 spiro atoms. The van der Waals surface area contributed by atoms with Crippen LogP contribution < -0.4 is 21.7 Å². The smallest absolute Gasteiger partial charge is 1.00 e. The molecule has 0 aromatic heterocycles. The van der Waals surface area contributed by atoms with Gasteiger partial charge >= 0.3 is 23.1 Å². The van der Waals surface area contributed by atoms with Gasteiger partial charge in [0.05, 0.1) is 6.61 Å². The normalized spacial score (nSPS) is 9.00. The quantitative estimate of drug-likeness (QED) is 0.569. The van der Waals surface area contributed by atoms with Gasteiger partial charge in [0.2, 0.25) is 0 Å². The minimum absolute atomic E-state index is 0. The van der Waals surface area contributed by atoms with Gasteiger partial charge in [0.15, 0.2) is 0 Å². The first-order valence-electron chi connectivity index (χ1n) is 4.78. The second-order valence-electron chi connectivity index (χ2n) is 3.28. The van der Waals surface area contributed by atoms with E-state index >= 15 is 0 Å². The Labute approximate surface area is 131 Å². The summed E-state index contributed by atoms with van der Waals surface area (Å²) in [5.74, 6) is -1.12. The van der Waals surface area contributed by atoms with E-state index in [-0.39, 0.29) is 52.4 Å². The van der Waals surface area contributed by atoms with Crippen LogP contribution in [0.3, 0.4) is 0 Å². The van der Waals surface area contributed by atoms with Crippen molar-refractivity contribution in [2.24, 2.45) is 0 Å². The third-order valence-corrected chi connectivity index (χ3v) is 2.00. The van der Waals surface area contributed by atoms with E-state index in [0.717, 1.165) is 23.8 Å². The van der Waals surface area contributed by atoms with E-state index in [1.54, 1.807) is 6.07 Å². The van der Waals surface area contributed by atoms with Crippen LogP contribution in [0.2, 0.25) is 0 Å². The van der Waals surface area contributed by atoms with Gasteiger partial charge in [-0.1, -0.05) is 0 Å². The maximum atomic E-state index is 12.8. The average molecular weight is 323 g/mol. The van der Waals surface area contributed by atoms with E-state index in [9.17, 15) is 8.78 Å². The molecule has 0 bridgehead atoms. The second kappa shape index (κ2) is 8.45. The number of benzene rings is 2. The van der Waals surface area contributed by atoms with Gasteiger partial charge in [-0.3, -0.25) is 0 Å². The molecule has 0 aliphatic carbocycles. The fourth-order valence-electron chi connectivity index (χ4n) is 1.29. The minimum atomic E-state index is -0.646. The van der Waals surface area contributed by atoms with Crippen LogP contribution in [0.1, 0.15) is 5.56 Å². The first kappa shape index (κ1) is 17.3. The number of ether oxygens (including phenoxy) is 1. The van der Waals surface area contributed by atoms with E-state index in [1.165, 1.54) is 0 Å². The summed E-state index contributed by atoms with van der Waals surface area (Å²) in [5.41, 5.74) is 0.826. The van der Waals surface area contributed by atoms with E-state index in [2.05, 4.69) is 6.07 Å². The predicted molar refractivity (Wildman–Crippen MR) is 61.7 cm³/mol. The fourth-order valence-corrected chi connectivity index (χ4v) is 1.29. The van der Waals surface area contributed by atoms with Crippen LogP contribution in [0.15, 0.2) is 42.5 Å². The molecule has 0 unspecified atom stereocenters. The molecule has 0 amide bonds. The summed E-state index contributed by atoms with van der Waals surface area (Å²) in [7, 11) is 0. The fraction of sp³-hybridized carbons (Fsp3) is 0.0769. The van der Waals surface area contributed by atoms with E-state index in [4.69, 9.17) is 4.74 Å². The van der Waals surface area contributed by atoms with E-state index in [1.807, 2.05) is 18.2 Å². The summed E-state index contributed by atoms with van der Waals surface area (Å²) >= 11 is 0. The minimum Gasteiger partial charge on any atom is -1.00 e. The molecule has 0 saturated carbocycles. The van der Waals surface area contributed by atoms with Crippen LogP contribution in [-0.4, -0.2) is 23.1 Å². The first-order valence-corrected chi connectivity index (χ1v) is 4.78. The maximum absolute atomic E-state index is 12.8. The third kappa shape index (κ3) is 5.33. The largest absolute Gasteiger partial charge is 2.00 e. The van der Waals surface area contributed by atoms with Crippen molar-refractivity contribution in [1.29, 1.82) is 0 Å². The van der Waals surface area contributed by atoms with Crippen LogP contribution in [0.4, 0.5) is 8.78 Å². The van der Waals surface area contributed by atoms with Crippen LogP contribution in [0.25, 0.3) is 0 Å². The number of hydrogen-bond acceptors (Lipinski definition) is 1. The molecule has 2 rings (SSSR count). The molecule has 90 valence electrons. The van der Waals surface area contributed by atoms with Crippen molar-refractivity contribution in [3.63, 3.8) is 0 Å². The molecule has 0 aliphatic heterocycles. The molecular weight excluding hydrogens is 314 g/mol. The van der Waals surface area contributed by atoms with Crippen molar-refractivity contribution >= 4 is 23.1 Å². The first-order chi connectivity index (χ1) is 7.74. The Bertz CT molecular complexity index is 459. The van der Waals surface area contributed by atoms with Crippen LogP contribution >= 0.6 is 0 Å². The van der Waals surface area contributed by atoms with Gasteiger partial charge in [-0.15, -0.1) is 5.56 Å². The zero-order valence-electron chi connectivity index (χ0n) is 9.50. The van der Waals surface area contributed by atoms with Crippen molar-refractivity contribution in [1.82, 2.24) is 0 Å². The Morgan fingerprint density at radius 2 is 1.72 bits per heavy atom. The maximum Gasteiger partial charge on any atom is 2.00 e. The summed E-state index contributed by atoms with van der Waals surface area (Å²) in [6, 6.07) is 13.3. The zero-order valence-corrected chi connectivity index (χ0v) is 12.5. The van der Waals surface area contributed by atoms with Gasteiger partial charge in [0, 0.05) is 18.2 Å². The number of rotatable bonds is 3. The molecule has 1 nitrogen and oxygen atoms in total. The summed E-state index contributed by atoms with van der Waals surface area (Å²) in [6.07, 6.45) is 0. The van der Waals surface area contributed by atoms with Gasteiger partial charge < -0.3 is 21.7 Å². The zero-order chi connectivity index (χ0) is 11.4. The standard InChI is InChI=1S/C13H9F2O.BrH.Mg/c14-11-6-12(15)8-13(7-11)16-9-10-4-2-1-3-5-10;;/h1-4,6-8H,9H2;1H;/q-1;;+2/p-1. The van der Waals surface area contributed by atoms with Crippen LogP contribution in [-0.2, 0) is 6.61 Å². The molecule has 0 heterocycles. The molecule has 0 radical (unpaired) electrons. The Morgan fingerprint density at radius 3 is 2.28 bits per heavy atom. The molecule has 0 saturated heterocycles. The molecule has 0 atom stereocenters. The molecule has 0 fully saturated rings. The molecule has 0 N–H and O–H groups in total. The summed E-state index contributed by atoms with van der Waals surface area (Å²) in [4.78, 5) is 0. The Balaban J connectivity index is 0.00000144. The third-order valence-electron chi connectivity index (χ3n) is 2.00. The Hall–Kier alpha value is -0.654. The van der Waals surface area contributed by atoms with E-state index in [0.29, 0.717) is 0 Å². The summed E-state index contributed by atoms with van der Waals surface area (Å²) < 4.78 is 30.9. The second-order valence-corrected chi connectivity index (χ2v) is 3.28. The van der Waals surface area contributed by atoms with Crippen molar-refractivity contribution < 1.29 is 30.5 Å². The molecule has 5 heteroatoms. The summed E-state index contributed by atoms with van der Waals surface area (Å²) in [6.45, 7) is 0.240. The monoisotopic (exact) mass is 322 g/mol. The number of hydrogen-bond donors (Lipinski definition) is 0. The van der Waals surface area contributed by atoms with Crippen molar-refractivity contribution in [2.75, 3.05) is 0 Å². The Kier molecular flexibility index (Phi) is 8.14. The average Bonchev–Trinajstić information content (AvgIpc) is 2.27. The predicted octanol–water partition coefficient (Wildman–Crippen LogP) is -0.0328. The molecule has 18 heavy (non-hydrogen) atoms. The number of halogens is 3. The Morgan fingerprint density at radius 1 is 1.06 bits per heavy atom. The van der Waals surface area contributed by atoms with Crippen molar-refractivity contribution in [3.05, 3.63) is 65.7 Å². The van der Waals surface area contributed by atoms with Gasteiger partial charge in [-0.05, 0) is 0 Å². The molecular formula is C13H9BrF2MgO. The molecule has 0 aliphatic rings. The SMILES string of the molecule is Fc1cc(F)cc(OCc2[c-]cccc2)c1.[Br-].[Mg+2].